The van der Waals surface area contributed by atoms with Gasteiger partial charge >= 0.3 is 6.18 Å². The van der Waals surface area contributed by atoms with Gasteiger partial charge < -0.3 is 9.64 Å². The molecule has 2 heterocycles. The smallest absolute Gasteiger partial charge is 0.381 e. The van der Waals surface area contributed by atoms with Crippen LogP contribution in [0.3, 0.4) is 0 Å². The van der Waals surface area contributed by atoms with Crippen molar-refractivity contribution in [1.29, 1.82) is 0 Å². The van der Waals surface area contributed by atoms with Crippen LogP contribution in [0.5, 0.6) is 0 Å². The van der Waals surface area contributed by atoms with Crippen molar-refractivity contribution in [3.63, 3.8) is 0 Å². The van der Waals surface area contributed by atoms with Gasteiger partial charge in [0.25, 0.3) is 0 Å². The van der Waals surface area contributed by atoms with Crippen molar-refractivity contribution in [3.05, 3.63) is 5.82 Å². The lowest BCUT2D eigenvalue weighted by atomic mass is 9.99. The van der Waals surface area contributed by atoms with Crippen molar-refractivity contribution in [3.8, 4) is 0 Å². The number of carbonyl (C=O) groups is 1. The highest BCUT2D eigenvalue weighted by molar-refractivity contribution is 5.76. The van der Waals surface area contributed by atoms with Crippen molar-refractivity contribution < 1.29 is 22.7 Å². The fourth-order valence-electron chi connectivity index (χ4n) is 2.54. The molecule has 0 aromatic carbocycles. The quantitative estimate of drug-likeness (QED) is 0.812. The van der Waals surface area contributed by atoms with Gasteiger partial charge in [-0.15, -0.1) is 5.10 Å². The molecule has 1 aliphatic heterocycles. The minimum absolute atomic E-state index is 0.0571. The zero-order valence-corrected chi connectivity index (χ0v) is 13.1. The Labute approximate surface area is 131 Å². The number of ether oxygens (including phenoxy) is 1. The molecule has 0 radical (unpaired) electrons. The molecule has 130 valence electrons. The Kier molecular flexibility index (Phi) is 5.55. The van der Waals surface area contributed by atoms with Crippen molar-refractivity contribution in [2.45, 2.75) is 51.4 Å². The molecule has 1 fully saturated rings. The molecule has 1 aromatic rings. The van der Waals surface area contributed by atoms with Gasteiger partial charge in [0.05, 0.1) is 0 Å². The summed E-state index contributed by atoms with van der Waals surface area (Å²) >= 11 is 0. The highest BCUT2D eigenvalue weighted by Crippen LogP contribution is 2.25. The first kappa shape index (κ1) is 17.6. The van der Waals surface area contributed by atoms with E-state index in [2.05, 4.69) is 15.5 Å². The van der Waals surface area contributed by atoms with Crippen molar-refractivity contribution in [2.75, 3.05) is 19.8 Å². The molecule has 0 atom stereocenters. The van der Waals surface area contributed by atoms with Gasteiger partial charge in [-0.1, -0.05) is 0 Å². The summed E-state index contributed by atoms with van der Waals surface area (Å²) in [4.78, 5) is 13.0. The van der Waals surface area contributed by atoms with Crippen molar-refractivity contribution >= 4 is 5.91 Å². The van der Waals surface area contributed by atoms with Crippen LogP contribution in [0.1, 0.15) is 38.4 Å². The summed E-state index contributed by atoms with van der Waals surface area (Å²) in [5.74, 6) is -0.0723. The van der Waals surface area contributed by atoms with Crippen LogP contribution in [0.2, 0.25) is 0 Å². The molecule has 1 amide bonds. The second kappa shape index (κ2) is 7.24. The first-order valence-corrected chi connectivity index (χ1v) is 7.48. The summed E-state index contributed by atoms with van der Waals surface area (Å²) in [6.45, 7) is 2.67. The Balaban J connectivity index is 2.08. The number of tetrazole rings is 1. The van der Waals surface area contributed by atoms with Gasteiger partial charge in [0.15, 0.2) is 5.82 Å². The first-order valence-electron chi connectivity index (χ1n) is 7.48. The van der Waals surface area contributed by atoms with Gasteiger partial charge in [0.2, 0.25) is 5.91 Å². The second-order valence-electron chi connectivity index (χ2n) is 5.81. The van der Waals surface area contributed by atoms with Crippen LogP contribution in [-0.2, 0) is 16.1 Å². The van der Waals surface area contributed by atoms with Crippen LogP contribution in [0.15, 0.2) is 0 Å². The SMILES string of the molecule is CC(C)N(CC(F)(F)F)C(=O)Cn1nnnc1C1CCOCC1. The molecule has 0 unspecified atom stereocenters. The molecule has 0 bridgehead atoms. The monoisotopic (exact) mass is 335 g/mol. The van der Waals surface area contributed by atoms with Crippen molar-refractivity contribution in [1.82, 2.24) is 25.1 Å². The average Bonchev–Trinajstić information content (AvgIpc) is 2.92. The van der Waals surface area contributed by atoms with E-state index in [0.717, 1.165) is 17.7 Å². The maximum absolute atomic E-state index is 12.6. The molecule has 10 heteroatoms. The van der Waals surface area contributed by atoms with Crippen LogP contribution in [0.4, 0.5) is 13.2 Å². The fraction of sp³-hybridized carbons (Fsp3) is 0.846. The molecule has 0 saturated carbocycles. The Morgan fingerprint density at radius 2 is 2.04 bits per heavy atom. The predicted octanol–water partition coefficient (Wildman–Crippen LogP) is 1.37. The predicted molar refractivity (Wildman–Crippen MR) is 73.5 cm³/mol. The molecule has 1 aliphatic rings. The van der Waals surface area contributed by atoms with Gasteiger partial charge in [-0.3, -0.25) is 4.79 Å². The van der Waals surface area contributed by atoms with E-state index < -0.39 is 24.7 Å². The minimum Gasteiger partial charge on any atom is -0.381 e. The third kappa shape index (κ3) is 4.88. The average molecular weight is 335 g/mol. The number of hydrogen-bond acceptors (Lipinski definition) is 5. The lowest BCUT2D eigenvalue weighted by Crippen LogP contribution is -2.45. The largest absolute Gasteiger partial charge is 0.406 e. The van der Waals surface area contributed by atoms with Crippen molar-refractivity contribution in [2.24, 2.45) is 0 Å². The summed E-state index contributed by atoms with van der Waals surface area (Å²) < 4.78 is 44.4. The summed E-state index contributed by atoms with van der Waals surface area (Å²) in [5.41, 5.74) is 0. The maximum Gasteiger partial charge on any atom is 0.406 e. The number of hydrogen-bond donors (Lipinski definition) is 0. The number of halogens is 3. The van der Waals surface area contributed by atoms with E-state index in [1.165, 1.54) is 4.68 Å². The van der Waals surface area contributed by atoms with Crippen LogP contribution in [-0.4, -0.2) is 63.0 Å². The molecule has 0 spiro atoms. The minimum atomic E-state index is -4.44. The maximum atomic E-state index is 12.6. The Morgan fingerprint density at radius 3 is 2.61 bits per heavy atom. The van der Waals surface area contributed by atoms with Gasteiger partial charge in [0, 0.05) is 25.2 Å². The van der Waals surface area contributed by atoms with E-state index in [9.17, 15) is 18.0 Å². The lowest BCUT2D eigenvalue weighted by molar-refractivity contribution is -0.165. The molecule has 1 aromatic heterocycles. The number of aromatic nitrogens is 4. The molecular formula is C13H20F3N5O2. The Morgan fingerprint density at radius 1 is 1.39 bits per heavy atom. The van der Waals surface area contributed by atoms with Gasteiger partial charge in [-0.25, -0.2) is 4.68 Å². The van der Waals surface area contributed by atoms with E-state index in [1.54, 1.807) is 13.8 Å². The van der Waals surface area contributed by atoms with Crippen LogP contribution >= 0.6 is 0 Å². The number of alkyl halides is 3. The molecule has 0 N–H and O–H groups in total. The number of amides is 1. The summed E-state index contributed by atoms with van der Waals surface area (Å²) in [5, 5.41) is 11.2. The lowest BCUT2D eigenvalue weighted by Gasteiger charge is -2.28. The summed E-state index contributed by atoms with van der Waals surface area (Å²) in [7, 11) is 0. The number of nitrogens with zero attached hydrogens (tertiary/aromatic N) is 5. The zero-order chi connectivity index (χ0) is 17.0. The van der Waals surface area contributed by atoms with Gasteiger partial charge in [-0.2, -0.15) is 13.2 Å². The third-order valence-corrected chi connectivity index (χ3v) is 3.72. The van der Waals surface area contributed by atoms with Gasteiger partial charge in [-0.05, 0) is 37.1 Å². The summed E-state index contributed by atoms with van der Waals surface area (Å²) in [6, 6.07) is -0.563. The molecular weight excluding hydrogens is 315 g/mol. The first-order chi connectivity index (χ1) is 10.8. The third-order valence-electron chi connectivity index (χ3n) is 3.72. The topological polar surface area (TPSA) is 73.1 Å². The van der Waals surface area contributed by atoms with E-state index >= 15 is 0 Å². The highest BCUT2D eigenvalue weighted by atomic mass is 19.4. The summed E-state index contributed by atoms with van der Waals surface area (Å²) in [6.07, 6.45) is -2.99. The van der Waals surface area contributed by atoms with Crippen LogP contribution in [0.25, 0.3) is 0 Å². The number of rotatable bonds is 5. The second-order valence-corrected chi connectivity index (χ2v) is 5.81. The standard InChI is InChI=1S/C13H20F3N5O2/c1-9(2)20(8-13(14,15)16)11(22)7-21-12(17-18-19-21)10-3-5-23-6-4-10/h9-10H,3-8H2,1-2H3. The molecule has 0 aliphatic carbocycles. The van der Waals surface area contributed by atoms with E-state index in [1.807, 2.05) is 0 Å². The van der Waals surface area contributed by atoms with Crippen LogP contribution in [0, 0.1) is 0 Å². The molecule has 2 rings (SSSR count). The number of carbonyl (C=O) groups excluding carboxylic acids is 1. The molecule has 7 nitrogen and oxygen atoms in total. The normalized spacial score (nSPS) is 16.8. The van der Waals surface area contributed by atoms with E-state index in [-0.39, 0.29) is 12.5 Å². The van der Waals surface area contributed by atoms with Crippen LogP contribution < -0.4 is 0 Å². The Hall–Kier alpha value is -1.71. The zero-order valence-electron chi connectivity index (χ0n) is 13.1. The molecule has 23 heavy (non-hydrogen) atoms. The Bertz CT molecular complexity index is 526. The molecule has 1 saturated heterocycles. The fourth-order valence-corrected chi connectivity index (χ4v) is 2.54. The van der Waals surface area contributed by atoms with E-state index in [0.29, 0.717) is 19.0 Å². The highest BCUT2D eigenvalue weighted by Gasteiger charge is 2.34. The van der Waals surface area contributed by atoms with Gasteiger partial charge in [0.1, 0.15) is 13.1 Å². The van der Waals surface area contributed by atoms with E-state index in [4.69, 9.17) is 4.74 Å².